The maximum Gasteiger partial charge on any atom is 0.151 e. The fourth-order valence-corrected chi connectivity index (χ4v) is 3.53. The fourth-order valence-electron chi connectivity index (χ4n) is 1.77. The maximum atomic E-state index is 14.4. The minimum absolute atomic E-state index is 0.263. The van der Waals surface area contributed by atoms with Crippen LogP contribution < -0.4 is 0 Å². The van der Waals surface area contributed by atoms with Crippen molar-refractivity contribution in [3.8, 4) is 0 Å². The van der Waals surface area contributed by atoms with Crippen LogP contribution in [0.2, 0.25) is 0 Å². The molecule has 0 fully saturated rings. The van der Waals surface area contributed by atoms with Crippen molar-refractivity contribution in [1.29, 1.82) is 0 Å². The Morgan fingerprint density at radius 1 is 1.35 bits per heavy atom. The van der Waals surface area contributed by atoms with E-state index in [4.69, 9.17) is 0 Å². The minimum Gasteiger partial charge on any atom is -0.591 e. The highest BCUT2D eigenvalue weighted by Gasteiger charge is 2.27. The van der Waals surface area contributed by atoms with E-state index in [1.165, 1.54) is 11.3 Å². The Morgan fingerprint density at radius 3 is 2.55 bits per heavy atom. The summed E-state index contributed by atoms with van der Waals surface area (Å²) in [5.74, 6) is -0.263. The normalized spacial score (nSPS) is 14.8. The van der Waals surface area contributed by atoms with Crippen molar-refractivity contribution < 1.29 is 8.94 Å². The second kappa shape index (κ2) is 5.47. The minimum atomic E-state index is -1.38. The molecule has 0 radical (unpaired) electrons. The van der Waals surface area contributed by atoms with Gasteiger partial charge in [-0.3, -0.25) is 0 Å². The average Bonchev–Trinajstić information content (AvgIpc) is 2.67. The van der Waals surface area contributed by atoms with Crippen molar-refractivity contribution in [2.24, 2.45) is 4.40 Å². The first-order valence-electron chi connectivity index (χ1n) is 6.37. The van der Waals surface area contributed by atoms with Gasteiger partial charge in [0.05, 0.1) is 4.88 Å². The first kappa shape index (κ1) is 15.5. The van der Waals surface area contributed by atoms with Gasteiger partial charge in [-0.2, -0.15) is 0 Å². The monoisotopic (exact) mass is 311 g/mol. The van der Waals surface area contributed by atoms with Gasteiger partial charge in [0.1, 0.15) is 21.8 Å². The molecule has 1 heterocycles. The largest absolute Gasteiger partial charge is 0.591 e. The Hall–Kier alpha value is -0.910. The van der Waals surface area contributed by atoms with Gasteiger partial charge < -0.3 is 4.55 Å². The molecule has 0 bridgehead atoms. The van der Waals surface area contributed by atoms with E-state index in [1.54, 1.807) is 13.0 Å². The second-order valence-corrected chi connectivity index (χ2v) is 8.66. The van der Waals surface area contributed by atoms with Crippen LogP contribution in [-0.2, 0) is 11.4 Å². The fraction of sp³-hybridized carbons (Fsp3) is 0.400. The van der Waals surface area contributed by atoms with Crippen LogP contribution in [-0.4, -0.2) is 15.0 Å². The van der Waals surface area contributed by atoms with Gasteiger partial charge in [-0.1, -0.05) is 22.6 Å². The van der Waals surface area contributed by atoms with E-state index in [-0.39, 0.29) is 5.82 Å². The number of hydrogen-bond donors (Lipinski definition) is 0. The van der Waals surface area contributed by atoms with Crippen LogP contribution in [0.1, 0.15) is 38.1 Å². The molecular weight excluding hydrogens is 293 g/mol. The van der Waals surface area contributed by atoms with E-state index in [0.29, 0.717) is 16.0 Å². The lowest BCUT2D eigenvalue weighted by molar-refractivity contribution is 0.561. The van der Waals surface area contributed by atoms with Gasteiger partial charge in [0, 0.05) is 10.1 Å². The van der Waals surface area contributed by atoms with Crippen LogP contribution in [0, 0.1) is 12.7 Å². The Labute approximate surface area is 126 Å². The predicted molar refractivity (Wildman–Crippen MR) is 86.6 cm³/mol. The molecule has 1 aromatic heterocycles. The predicted octanol–water partition coefficient (Wildman–Crippen LogP) is 4.62. The lowest BCUT2D eigenvalue weighted by Gasteiger charge is -2.18. The molecule has 0 amide bonds. The van der Waals surface area contributed by atoms with Crippen LogP contribution in [0.25, 0.3) is 10.1 Å². The Bertz CT molecular complexity index is 670. The van der Waals surface area contributed by atoms with Crippen molar-refractivity contribution in [1.82, 2.24) is 0 Å². The van der Waals surface area contributed by atoms with Crippen molar-refractivity contribution in [2.45, 2.75) is 39.4 Å². The molecule has 0 spiro atoms. The summed E-state index contributed by atoms with van der Waals surface area (Å²) in [4.78, 5) is 0.479. The third kappa shape index (κ3) is 2.90. The van der Waals surface area contributed by atoms with E-state index >= 15 is 0 Å². The lowest BCUT2D eigenvalue weighted by atomic mass is 10.1. The summed E-state index contributed by atoms with van der Waals surface area (Å²) in [6.45, 7) is 9.23. The number of benzene rings is 1. The molecule has 0 aliphatic carbocycles. The molecule has 2 rings (SSSR count). The van der Waals surface area contributed by atoms with Crippen LogP contribution in [0.15, 0.2) is 22.6 Å². The average molecular weight is 311 g/mol. The quantitative estimate of drug-likeness (QED) is 0.589. The Kier molecular flexibility index (Phi) is 4.23. The smallest absolute Gasteiger partial charge is 0.151 e. The maximum absolute atomic E-state index is 14.4. The molecular formula is C15H18FNOS2. The highest BCUT2D eigenvalue weighted by atomic mass is 32.2. The van der Waals surface area contributed by atoms with E-state index in [2.05, 4.69) is 4.40 Å². The molecule has 0 aliphatic heterocycles. The zero-order chi connectivity index (χ0) is 15.1. The molecule has 1 unspecified atom stereocenters. The van der Waals surface area contributed by atoms with Crippen molar-refractivity contribution in [3.05, 3.63) is 34.5 Å². The summed E-state index contributed by atoms with van der Waals surface area (Å²) in [5.41, 5.74) is 1.54. The molecule has 0 N–H and O–H groups in total. The summed E-state index contributed by atoms with van der Waals surface area (Å²) in [6, 6.07) is 5.57. The number of rotatable bonds is 2. The Balaban J connectivity index is 2.51. The van der Waals surface area contributed by atoms with E-state index in [1.807, 2.05) is 39.8 Å². The lowest BCUT2D eigenvalue weighted by Crippen LogP contribution is -2.26. The van der Waals surface area contributed by atoms with Gasteiger partial charge in [-0.05, 0) is 40.2 Å². The van der Waals surface area contributed by atoms with Gasteiger partial charge in [0.25, 0.3) is 0 Å². The summed E-state index contributed by atoms with van der Waals surface area (Å²) in [6.07, 6.45) is 0. The van der Waals surface area contributed by atoms with Gasteiger partial charge in [-0.15, -0.1) is 11.3 Å². The van der Waals surface area contributed by atoms with Gasteiger partial charge in [0.15, 0.2) is 5.82 Å². The van der Waals surface area contributed by atoms with Crippen LogP contribution in [0.4, 0.5) is 4.39 Å². The standard InChI is InChI=1S/C15H18FNOS2/c1-9-7-6-8-11-12(16)14(19-13(9)11)10(2)17-20(18)15(3,4)5/h6-8H,1-5H3. The highest BCUT2D eigenvalue weighted by molar-refractivity contribution is 7.91. The van der Waals surface area contributed by atoms with Gasteiger partial charge in [0.2, 0.25) is 0 Å². The molecule has 5 heteroatoms. The Morgan fingerprint density at radius 2 is 2.00 bits per heavy atom. The summed E-state index contributed by atoms with van der Waals surface area (Å²) in [5, 5.41) is 0.612. The van der Waals surface area contributed by atoms with E-state index < -0.39 is 16.1 Å². The van der Waals surface area contributed by atoms with Gasteiger partial charge >= 0.3 is 0 Å². The zero-order valence-corrected chi connectivity index (χ0v) is 13.9. The third-order valence-corrected chi connectivity index (χ3v) is 5.84. The van der Waals surface area contributed by atoms with Gasteiger partial charge in [-0.25, -0.2) is 4.39 Å². The molecule has 2 aromatic rings. The first-order valence-corrected chi connectivity index (χ1v) is 8.29. The molecule has 0 saturated heterocycles. The molecule has 0 aliphatic rings. The summed E-state index contributed by atoms with van der Waals surface area (Å²) in [7, 11) is 0. The first-order chi connectivity index (χ1) is 9.21. The number of hydrogen-bond acceptors (Lipinski definition) is 3. The summed E-state index contributed by atoms with van der Waals surface area (Å²) >= 11 is -0.00423. The zero-order valence-electron chi connectivity index (χ0n) is 12.3. The van der Waals surface area contributed by atoms with Crippen molar-refractivity contribution in [2.75, 3.05) is 0 Å². The summed E-state index contributed by atoms with van der Waals surface area (Å²) < 4.78 is 31.1. The topological polar surface area (TPSA) is 35.4 Å². The second-order valence-electron chi connectivity index (χ2n) is 5.73. The highest BCUT2D eigenvalue weighted by Crippen LogP contribution is 2.33. The van der Waals surface area contributed by atoms with E-state index in [9.17, 15) is 8.94 Å². The number of fused-ring (bicyclic) bond motifs is 1. The number of aryl methyl sites for hydroxylation is 1. The number of halogens is 1. The number of nitrogens with zero attached hydrogens (tertiary/aromatic N) is 1. The molecule has 1 atom stereocenters. The molecule has 2 nitrogen and oxygen atoms in total. The number of thiophene rings is 1. The van der Waals surface area contributed by atoms with Crippen LogP contribution >= 0.6 is 11.3 Å². The SMILES string of the molecule is CC(=N[S+]([O-])C(C)(C)C)c1sc2c(C)cccc2c1F. The molecule has 20 heavy (non-hydrogen) atoms. The van der Waals surface area contributed by atoms with E-state index in [0.717, 1.165) is 10.3 Å². The molecule has 108 valence electrons. The third-order valence-electron chi connectivity index (χ3n) is 2.92. The van der Waals surface area contributed by atoms with Crippen molar-refractivity contribution >= 4 is 38.5 Å². The van der Waals surface area contributed by atoms with Crippen LogP contribution in [0.3, 0.4) is 0 Å². The molecule has 0 saturated carbocycles. The molecule has 1 aromatic carbocycles. The van der Waals surface area contributed by atoms with Crippen molar-refractivity contribution in [3.63, 3.8) is 0 Å². The van der Waals surface area contributed by atoms with Crippen LogP contribution in [0.5, 0.6) is 0 Å².